The van der Waals surface area contributed by atoms with E-state index in [4.69, 9.17) is 0 Å². The molecular weight excluding hydrogens is 176 g/mol. The highest BCUT2D eigenvalue weighted by atomic mass is 79.9. The number of hydrogen-bond donors (Lipinski definition) is 0. The van der Waals surface area contributed by atoms with Crippen LogP contribution in [0.3, 0.4) is 0 Å². The highest BCUT2D eigenvalue weighted by molar-refractivity contribution is 9.10. The van der Waals surface area contributed by atoms with E-state index in [1.165, 1.54) is 11.8 Å². The van der Waals surface area contributed by atoms with Gasteiger partial charge in [0.05, 0.1) is 0 Å². The molecule has 0 aliphatic carbocycles. The molecule has 0 aromatic heterocycles. The molecule has 1 unspecified atom stereocenters. The molecule has 1 heterocycles. The van der Waals surface area contributed by atoms with Crippen molar-refractivity contribution in [3.63, 3.8) is 0 Å². The van der Waals surface area contributed by atoms with E-state index in [1.807, 2.05) is 6.08 Å². The standard InChI is InChI=1S/C4H3BrOS/c5-3-1-2-7-4(3)6/h1-3H. The van der Waals surface area contributed by atoms with Crippen LogP contribution in [-0.4, -0.2) is 9.94 Å². The Hall–Kier alpha value is 0.240. The van der Waals surface area contributed by atoms with E-state index in [9.17, 15) is 4.79 Å². The van der Waals surface area contributed by atoms with Crippen molar-refractivity contribution in [2.24, 2.45) is 0 Å². The molecule has 0 N–H and O–H groups in total. The predicted octanol–water partition coefficient (Wildman–Crippen LogP) is 1.54. The minimum absolute atomic E-state index is 0.0301. The summed E-state index contributed by atoms with van der Waals surface area (Å²) in [4.78, 5) is 10.4. The summed E-state index contributed by atoms with van der Waals surface area (Å²) in [7, 11) is 0. The van der Waals surface area contributed by atoms with Crippen LogP contribution in [0.1, 0.15) is 0 Å². The average Bonchev–Trinajstić information content (AvgIpc) is 1.91. The number of thioether (sulfide) groups is 1. The van der Waals surface area contributed by atoms with Gasteiger partial charge in [0.15, 0.2) is 0 Å². The molecule has 1 rings (SSSR count). The summed E-state index contributed by atoms with van der Waals surface area (Å²) < 4.78 is 0. The highest BCUT2D eigenvalue weighted by Gasteiger charge is 2.15. The van der Waals surface area contributed by atoms with Crippen LogP contribution in [0.2, 0.25) is 0 Å². The molecule has 0 fully saturated rings. The van der Waals surface area contributed by atoms with Crippen molar-refractivity contribution in [3.05, 3.63) is 11.5 Å². The molecule has 1 aliphatic rings. The fraction of sp³-hybridized carbons (Fsp3) is 0.250. The fourth-order valence-corrected chi connectivity index (χ4v) is 1.58. The maximum absolute atomic E-state index is 10.4. The minimum atomic E-state index is -0.0301. The van der Waals surface area contributed by atoms with E-state index in [0.717, 1.165) is 0 Å². The molecule has 0 saturated carbocycles. The number of halogens is 1. The van der Waals surface area contributed by atoms with Gasteiger partial charge in [-0.25, -0.2) is 0 Å². The van der Waals surface area contributed by atoms with Gasteiger partial charge < -0.3 is 0 Å². The van der Waals surface area contributed by atoms with Gasteiger partial charge in [-0.2, -0.15) is 0 Å². The van der Waals surface area contributed by atoms with E-state index >= 15 is 0 Å². The summed E-state index contributed by atoms with van der Waals surface area (Å²) in [6, 6.07) is 0. The topological polar surface area (TPSA) is 17.1 Å². The van der Waals surface area contributed by atoms with E-state index in [-0.39, 0.29) is 9.94 Å². The van der Waals surface area contributed by atoms with Gasteiger partial charge in [0, 0.05) is 0 Å². The number of rotatable bonds is 0. The molecule has 0 aromatic carbocycles. The largest absolute Gasteiger partial charge is 0.285 e. The zero-order valence-corrected chi connectivity index (χ0v) is 5.83. The van der Waals surface area contributed by atoms with Crippen LogP contribution in [0.25, 0.3) is 0 Å². The van der Waals surface area contributed by atoms with Gasteiger partial charge in [-0.05, 0) is 5.41 Å². The third-order valence-corrected chi connectivity index (χ3v) is 2.46. The molecule has 38 valence electrons. The van der Waals surface area contributed by atoms with Crippen molar-refractivity contribution < 1.29 is 4.79 Å². The molecule has 1 aliphatic heterocycles. The van der Waals surface area contributed by atoms with Gasteiger partial charge in [0.2, 0.25) is 5.12 Å². The Kier molecular flexibility index (Phi) is 1.54. The van der Waals surface area contributed by atoms with Crippen LogP contribution in [0.15, 0.2) is 11.5 Å². The molecule has 1 atom stereocenters. The van der Waals surface area contributed by atoms with Crippen LogP contribution in [-0.2, 0) is 4.79 Å². The molecule has 0 amide bonds. The number of carbonyl (C=O) groups excluding carboxylic acids is 1. The summed E-state index contributed by atoms with van der Waals surface area (Å²) in [5.74, 6) is 0. The summed E-state index contributed by atoms with van der Waals surface area (Å²) in [5.41, 5.74) is 0. The van der Waals surface area contributed by atoms with Gasteiger partial charge in [0.1, 0.15) is 4.83 Å². The van der Waals surface area contributed by atoms with Gasteiger partial charge in [0.25, 0.3) is 0 Å². The van der Waals surface area contributed by atoms with Crippen LogP contribution in [0, 0.1) is 0 Å². The lowest BCUT2D eigenvalue weighted by atomic mass is 10.5. The van der Waals surface area contributed by atoms with E-state index in [1.54, 1.807) is 5.41 Å². The van der Waals surface area contributed by atoms with Crippen molar-refractivity contribution >= 4 is 32.8 Å². The number of hydrogen-bond acceptors (Lipinski definition) is 2. The Morgan fingerprint density at radius 2 is 2.57 bits per heavy atom. The minimum Gasteiger partial charge on any atom is -0.285 e. The summed E-state index contributed by atoms with van der Waals surface area (Å²) in [6.45, 7) is 0. The van der Waals surface area contributed by atoms with E-state index in [2.05, 4.69) is 15.9 Å². The summed E-state index contributed by atoms with van der Waals surface area (Å²) >= 11 is 4.39. The number of carbonyl (C=O) groups is 1. The van der Waals surface area contributed by atoms with Crippen molar-refractivity contribution in [2.45, 2.75) is 4.83 Å². The molecule has 0 aromatic rings. The van der Waals surface area contributed by atoms with Crippen LogP contribution in [0.4, 0.5) is 0 Å². The smallest absolute Gasteiger partial charge is 0.210 e. The van der Waals surface area contributed by atoms with E-state index < -0.39 is 0 Å². The Bertz CT molecular complexity index is 121. The third-order valence-electron chi connectivity index (χ3n) is 0.657. The van der Waals surface area contributed by atoms with Crippen LogP contribution >= 0.6 is 27.7 Å². The second-order valence-corrected chi connectivity index (χ2v) is 3.06. The van der Waals surface area contributed by atoms with Gasteiger partial charge in [-0.1, -0.05) is 33.8 Å². The SMILES string of the molecule is O=C1SC=CC1Br. The molecule has 3 heteroatoms. The highest BCUT2D eigenvalue weighted by Crippen LogP contribution is 2.21. The molecule has 1 nitrogen and oxygen atoms in total. The monoisotopic (exact) mass is 178 g/mol. The lowest BCUT2D eigenvalue weighted by Crippen LogP contribution is -1.98. The van der Waals surface area contributed by atoms with Crippen molar-refractivity contribution in [1.82, 2.24) is 0 Å². The summed E-state index contributed by atoms with van der Waals surface area (Å²) in [5, 5.41) is 1.97. The molecular formula is C4H3BrOS. The molecule has 7 heavy (non-hydrogen) atoms. The van der Waals surface area contributed by atoms with Gasteiger partial charge >= 0.3 is 0 Å². The number of alkyl halides is 1. The van der Waals surface area contributed by atoms with E-state index in [0.29, 0.717) is 0 Å². The van der Waals surface area contributed by atoms with Crippen molar-refractivity contribution in [2.75, 3.05) is 0 Å². The maximum atomic E-state index is 10.4. The Balaban J connectivity index is 2.62. The first-order valence-electron chi connectivity index (χ1n) is 1.82. The normalized spacial score (nSPS) is 29.3. The first-order chi connectivity index (χ1) is 3.30. The third kappa shape index (κ3) is 1.07. The van der Waals surface area contributed by atoms with Crippen LogP contribution < -0.4 is 0 Å². The fourth-order valence-electron chi connectivity index (χ4n) is 0.319. The zero-order valence-electron chi connectivity index (χ0n) is 3.43. The lowest BCUT2D eigenvalue weighted by Gasteiger charge is -1.86. The second kappa shape index (κ2) is 2.01. The Morgan fingerprint density at radius 3 is 2.71 bits per heavy atom. The molecule has 0 radical (unpaired) electrons. The van der Waals surface area contributed by atoms with Gasteiger partial charge in [-0.3, -0.25) is 4.79 Å². The first-order valence-corrected chi connectivity index (χ1v) is 3.61. The van der Waals surface area contributed by atoms with Crippen molar-refractivity contribution in [3.8, 4) is 0 Å². The zero-order chi connectivity index (χ0) is 5.28. The second-order valence-electron chi connectivity index (χ2n) is 1.17. The lowest BCUT2D eigenvalue weighted by molar-refractivity contribution is -0.109. The summed E-state index contributed by atoms with van der Waals surface area (Å²) in [6.07, 6.45) is 1.83. The van der Waals surface area contributed by atoms with Gasteiger partial charge in [-0.15, -0.1) is 0 Å². The quantitative estimate of drug-likeness (QED) is 0.524. The van der Waals surface area contributed by atoms with Crippen molar-refractivity contribution in [1.29, 1.82) is 0 Å². The van der Waals surface area contributed by atoms with Crippen LogP contribution in [0.5, 0.6) is 0 Å². The molecule has 0 spiro atoms. The maximum Gasteiger partial charge on any atom is 0.210 e. The Labute approximate surface area is 54.3 Å². The first kappa shape index (κ1) is 5.38. The Morgan fingerprint density at radius 1 is 1.86 bits per heavy atom. The predicted molar refractivity (Wildman–Crippen MR) is 34.5 cm³/mol. The molecule has 0 saturated heterocycles. The molecule has 0 bridgehead atoms. The number of allylic oxidation sites excluding steroid dienone is 1. The average molecular weight is 179 g/mol.